The van der Waals surface area contributed by atoms with Crippen LogP contribution in [0.5, 0.6) is 0 Å². The lowest BCUT2D eigenvalue weighted by molar-refractivity contribution is 0.262. The number of amides is 2. The minimum atomic E-state index is -0.350. The predicted octanol–water partition coefficient (Wildman–Crippen LogP) is 3.86. The molecule has 0 atom stereocenters. The molecule has 0 spiro atoms. The molecule has 2 aromatic carbocycles. The number of urea groups is 1. The molecular weight excluding hydrogens is 276 g/mol. The van der Waals surface area contributed by atoms with E-state index in [9.17, 15) is 4.79 Å². The fourth-order valence-electron chi connectivity index (χ4n) is 1.86. The van der Waals surface area contributed by atoms with Crippen molar-refractivity contribution in [3.63, 3.8) is 0 Å². The number of carbonyl (C=O) groups is 1. The molecule has 0 aliphatic heterocycles. The van der Waals surface area contributed by atoms with Crippen LogP contribution in [0.3, 0.4) is 0 Å². The number of rotatable bonds is 2. The van der Waals surface area contributed by atoms with Crippen molar-refractivity contribution in [1.29, 1.82) is 0 Å². The maximum absolute atomic E-state index is 11.9. The van der Waals surface area contributed by atoms with E-state index in [2.05, 4.69) is 20.6 Å². The Kier molecular flexibility index (Phi) is 3.26. The molecule has 0 unspecified atom stereocenters. The van der Waals surface area contributed by atoms with Crippen molar-refractivity contribution in [1.82, 2.24) is 9.97 Å². The van der Waals surface area contributed by atoms with Crippen molar-refractivity contribution in [3.05, 3.63) is 53.8 Å². The molecule has 0 bridgehead atoms. The Labute approximate surface area is 120 Å². The van der Waals surface area contributed by atoms with Crippen LogP contribution < -0.4 is 10.6 Å². The first kappa shape index (κ1) is 12.5. The summed E-state index contributed by atoms with van der Waals surface area (Å²) in [5.74, 6) is 0. The van der Waals surface area contributed by atoms with Crippen molar-refractivity contribution in [2.24, 2.45) is 0 Å². The first-order chi connectivity index (χ1) is 9.72. The zero-order valence-corrected chi connectivity index (χ0v) is 11.1. The molecule has 0 aliphatic carbocycles. The van der Waals surface area contributed by atoms with Crippen LogP contribution in [0.4, 0.5) is 16.2 Å². The van der Waals surface area contributed by atoms with Crippen LogP contribution in [-0.4, -0.2) is 16.0 Å². The highest BCUT2D eigenvalue weighted by Crippen LogP contribution is 2.21. The third-order valence-corrected chi connectivity index (χ3v) is 3.13. The number of halogens is 1. The van der Waals surface area contributed by atoms with E-state index in [-0.39, 0.29) is 6.03 Å². The highest BCUT2D eigenvalue weighted by molar-refractivity contribution is 6.33. The molecule has 3 rings (SSSR count). The van der Waals surface area contributed by atoms with Crippen LogP contribution in [0.2, 0.25) is 5.02 Å². The van der Waals surface area contributed by atoms with Gasteiger partial charge in [0.25, 0.3) is 0 Å². The van der Waals surface area contributed by atoms with E-state index in [1.165, 1.54) is 0 Å². The lowest BCUT2D eigenvalue weighted by Gasteiger charge is -2.08. The van der Waals surface area contributed by atoms with Crippen LogP contribution in [0.1, 0.15) is 0 Å². The minimum Gasteiger partial charge on any atom is -0.345 e. The summed E-state index contributed by atoms with van der Waals surface area (Å²) in [7, 11) is 0. The van der Waals surface area contributed by atoms with Crippen LogP contribution in [0.25, 0.3) is 11.0 Å². The number of hydrogen-bond acceptors (Lipinski definition) is 2. The van der Waals surface area contributed by atoms with Gasteiger partial charge >= 0.3 is 6.03 Å². The van der Waals surface area contributed by atoms with Crippen LogP contribution in [0.15, 0.2) is 48.8 Å². The number of carbonyl (C=O) groups excluding carboxylic acids is 1. The van der Waals surface area contributed by atoms with E-state index in [1.807, 2.05) is 12.1 Å². The molecule has 0 radical (unpaired) electrons. The molecule has 6 heteroatoms. The first-order valence-electron chi connectivity index (χ1n) is 5.98. The Bertz CT molecular complexity index is 768. The van der Waals surface area contributed by atoms with Gasteiger partial charge in [-0.2, -0.15) is 0 Å². The number of anilines is 2. The van der Waals surface area contributed by atoms with E-state index >= 15 is 0 Å². The first-order valence-corrected chi connectivity index (χ1v) is 6.36. The van der Waals surface area contributed by atoms with Crippen molar-refractivity contribution < 1.29 is 4.79 Å². The van der Waals surface area contributed by atoms with E-state index in [4.69, 9.17) is 11.6 Å². The van der Waals surface area contributed by atoms with Crippen molar-refractivity contribution >= 4 is 40.0 Å². The smallest absolute Gasteiger partial charge is 0.323 e. The van der Waals surface area contributed by atoms with Gasteiger partial charge in [-0.15, -0.1) is 0 Å². The van der Waals surface area contributed by atoms with Gasteiger partial charge in [-0.1, -0.05) is 23.7 Å². The SMILES string of the molecule is O=C(Nc1ccc2nc[nH]c2c1)Nc1ccccc1Cl. The topological polar surface area (TPSA) is 69.8 Å². The Morgan fingerprint density at radius 3 is 2.85 bits per heavy atom. The molecule has 0 saturated heterocycles. The minimum absolute atomic E-state index is 0.350. The molecular formula is C14H11ClN4O. The fraction of sp³-hybridized carbons (Fsp3) is 0. The average Bonchev–Trinajstić information content (AvgIpc) is 2.89. The summed E-state index contributed by atoms with van der Waals surface area (Å²) in [6.07, 6.45) is 1.61. The summed E-state index contributed by atoms with van der Waals surface area (Å²) in [5, 5.41) is 5.93. The number of imidazole rings is 1. The molecule has 100 valence electrons. The van der Waals surface area contributed by atoms with Gasteiger partial charge in [-0.05, 0) is 30.3 Å². The number of nitrogens with one attached hydrogen (secondary N) is 3. The number of para-hydroxylation sites is 1. The highest BCUT2D eigenvalue weighted by atomic mass is 35.5. The monoisotopic (exact) mass is 286 g/mol. The third-order valence-electron chi connectivity index (χ3n) is 2.80. The van der Waals surface area contributed by atoms with Gasteiger partial charge in [-0.25, -0.2) is 9.78 Å². The number of aromatic nitrogens is 2. The number of H-pyrrole nitrogens is 1. The van der Waals surface area contributed by atoms with Crippen LogP contribution in [0, 0.1) is 0 Å². The third kappa shape index (κ3) is 2.57. The number of hydrogen-bond donors (Lipinski definition) is 3. The quantitative estimate of drug-likeness (QED) is 0.669. The summed E-state index contributed by atoms with van der Waals surface area (Å²) < 4.78 is 0. The Hall–Kier alpha value is -2.53. The Balaban J connectivity index is 1.74. The van der Waals surface area contributed by atoms with Crippen LogP contribution >= 0.6 is 11.6 Å². The Morgan fingerprint density at radius 1 is 1.15 bits per heavy atom. The fourth-order valence-corrected chi connectivity index (χ4v) is 2.04. The Morgan fingerprint density at radius 2 is 2.00 bits per heavy atom. The number of nitrogens with zero attached hydrogens (tertiary/aromatic N) is 1. The molecule has 1 heterocycles. The van der Waals surface area contributed by atoms with Gasteiger partial charge in [0.1, 0.15) is 0 Å². The van der Waals surface area contributed by atoms with E-state index < -0.39 is 0 Å². The summed E-state index contributed by atoms with van der Waals surface area (Å²) in [5.41, 5.74) is 2.95. The van der Waals surface area contributed by atoms with E-state index in [0.717, 1.165) is 11.0 Å². The largest absolute Gasteiger partial charge is 0.345 e. The van der Waals surface area contributed by atoms with Crippen molar-refractivity contribution in [2.75, 3.05) is 10.6 Å². The molecule has 1 aromatic heterocycles. The number of aromatic amines is 1. The van der Waals surface area contributed by atoms with Crippen molar-refractivity contribution in [3.8, 4) is 0 Å². The van der Waals surface area contributed by atoms with Crippen molar-refractivity contribution in [2.45, 2.75) is 0 Å². The molecule has 5 nitrogen and oxygen atoms in total. The second kappa shape index (κ2) is 5.22. The van der Waals surface area contributed by atoms with Gasteiger partial charge in [0, 0.05) is 5.69 Å². The molecule has 3 aromatic rings. The summed E-state index contributed by atoms with van der Waals surface area (Å²) in [6, 6.07) is 12.1. The van der Waals surface area contributed by atoms with Gasteiger partial charge < -0.3 is 15.6 Å². The van der Waals surface area contributed by atoms with Crippen LogP contribution in [-0.2, 0) is 0 Å². The number of benzene rings is 2. The summed E-state index contributed by atoms with van der Waals surface area (Å²) >= 11 is 5.98. The molecule has 20 heavy (non-hydrogen) atoms. The van der Waals surface area contributed by atoms with E-state index in [1.54, 1.807) is 36.7 Å². The summed E-state index contributed by atoms with van der Waals surface area (Å²) in [4.78, 5) is 19.0. The molecule has 3 N–H and O–H groups in total. The summed E-state index contributed by atoms with van der Waals surface area (Å²) in [6.45, 7) is 0. The zero-order valence-electron chi connectivity index (χ0n) is 10.4. The molecule has 0 fully saturated rings. The normalized spacial score (nSPS) is 10.4. The standard InChI is InChI=1S/C14H11ClN4O/c15-10-3-1-2-4-11(10)19-14(20)18-9-5-6-12-13(7-9)17-8-16-12/h1-8H,(H,16,17)(H2,18,19,20). The van der Waals surface area contributed by atoms with Gasteiger partial charge in [0.2, 0.25) is 0 Å². The highest BCUT2D eigenvalue weighted by Gasteiger charge is 2.06. The number of fused-ring (bicyclic) bond motifs is 1. The lowest BCUT2D eigenvalue weighted by atomic mass is 10.3. The van der Waals surface area contributed by atoms with Gasteiger partial charge in [-0.3, -0.25) is 0 Å². The predicted molar refractivity (Wildman–Crippen MR) is 80.2 cm³/mol. The second-order valence-electron chi connectivity index (χ2n) is 4.19. The average molecular weight is 287 g/mol. The molecule has 2 amide bonds. The van der Waals surface area contributed by atoms with Gasteiger partial charge in [0.15, 0.2) is 0 Å². The maximum atomic E-state index is 11.9. The molecule has 0 saturated carbocycles. The van der Waals surface area contributed by atoms with Gasteiger partial charge in [0.05, 0.1) is 28.1 Å². The maximum Gasteiger partial charge on any atom is 0.323 e. The lowest BCUT2D eigenvalue weighted by Crippen LogP contribution is -2.19. The van der Waals surface area contributed by atoms with E-state index in [0.29, 0.717) is 16.4 Å². The molecule has 0 aliphatic rings. The second-order valence-corrected chi connectivity index (χ2v) is 4.60. The zero-order chi connectivity index (χ0) is 13.9.